The van der Waals surface area contributed by atoms with Gasteiger partial charge < -0.3 is 14.7 Å². The standard InChI is InChI=1S/C23H32ClN3O3S/c1-2-20-25-19(15-31-20)22(29)27-11-13-30-23(16-27)7-9-26(10-8-23)14-18-5-3-4-17(6-12-28)21(18)24/h3-5,19,28H,2,6-16H2,1H3. The van der Waals surface area contributed by atoms with Crippen LogP contribution in [0.15, 0.2) is 23.2 Å². The molecule has 3 heterocycles. The maximum Gasteiger partial charge on any atom is 0.248 e. The van der Waals surface area contributed by atoms with E-state index < -0.39 is 0 Å². The third-order valence-electron chi connectivity index (χ3n) is 6.56. The van der Waals surface area contributed by atoms with E-state index in [4.69, 9.17) is 16.3 Å². The molecule has 1 aromatic rings. The third-order valence-corrected chi connectivity index (χ3v) is 8.25. The number of halogens is 1. The molecule has 0 aromatic heterocycles. The second kappa shape index (κ2) is 10.2. The highest BCUT2D eigenvalue weighted by Gasteiger charge is 2.42. The molecule has 6 nitrogen and oxygen atoms in total. The fraction of sp³-hybridized carbons (Fsp3) is 0.652. The summed E-state index contributed by atoms with van der Waals surface area (Å²) >= 11 is 8.28. The molecule has 0 bridgehead atoms. The molecule has 1 aromatic carbocycles. The molecule has 2 saturated heterocycles. The van der Waals surface area contributed by atoms with Crippen LogP contribution in [0.3, 0.4) is 0 Å². The predicted octanol–water partition coefficient (Wildman–Crippen LogP) is 2.99. The van der Waals surface area contributed by atoms with Gasteiger partial charge in [-0.15, -0.1) is 11.8 Å². The molecule has 2 fully saturated rings. The lowest BCUT2D eigenvalue weighted by molar-refractivity contribution is -0.160. The molecule has 8 heteroatoms. The van der Waals surface area contributed by atoms with Crippen LogP contribution < -0.4 is 0 Å². The van der Waals surface area contributed by atoms with E-state index >= 15 is 0 Å². The van der Waals surface area contributed by atoms with Gasteiger partial charge in [-0.1, -0.05) is 36.7 Å². The molecular formula is C23H32ClN3O3S. The molecule has 1 amide bonds. The van der Waals surface area contributed by atoms with Crippen LogP contribution in [0.4, 0.5) is 0 Å². The van der Waals surface area contributed by atoms with E-state index in [1.807, 2.05) is 17.0 Å². The number of carbonyl (C=O) groups excluding carboxylic acids is 1. The minimum atomic E-state index is -0.240. The number of morpholine rings is 1. The second-order valence-corrected chi connectivity index (χ2v) is 10.1. The van der Waals surface area contributed by atoms with Crippen LogP contribution in [0.2, 0.25) is 5.02 Å². The fourth-order valence-electron chi connectivity index (χ4n) is 4.72. The largest absolute Gasteiger partial charge is 0.396 e. The summed E-state index contributed by atoms with van der Waals surface area (Å²) in [6, 6.07) is 5.84. The predicted molar refractivity (Wildman–Crippen MR) is 126 cm³/mol. The van der Waals surface area contributed by atoms with E-state index in [-0.39, 0.29) is 24.2 Å². The van der Waals surface area contributed by atoms with Crippen molar-refractivity contribution in [3.63, 3.8) is 0 Å². The van der Waals surface area contributed by atoms with Gasteiger partial charge in [0.15, 0.2) is 0 Å². The number of carbonyl (C=O) groups is 1. The molecule has 170 valence electrons. The Kier molecular flexibility index (Phi) is 7.60. The van der Waals surface area contributed by atoms with Gasteiger partial charge in [0, 0.05) is 50.1 Å². The average molecular weight is 466 g/mol. The number of hydrogen-bond acceptors (Lipinski definition) is 6. The van der Waals surface area contributed by atoms with Crippen molar-refractivity contribution in [2.45, 2.75) is 50.8 Å². The minimum Gasteiger partial charge on any atom is -0.396 e. The number of likely N-dealkylation sites (tertiary alicyclic amines) is 1. The van der Waals surface area contributed by atoms with Crippen LogP contribution in [0.25, 0.3) is 0 Å². The number of rotatable bonds is 6. The van der Waals surface area contributed by atoms with Crippen LogP contribution >= 0.6 is 23.4 Å². The first kappa shape index (κ1) is 23.1. The van der Waals surface area contributed by atoms with E-state index in [2.05, 4.69) is 22.9 Å². The molecule has 1 spiro atoms. The first-order valence-corrected chi connectivity index (χ1v) is 12.6. The molecule has 4 rings (SSSR count). The van der Waals surface area contributed by atoms with Gasteiger partial charge in [-0.05, 0) is 36.8 Å². The summed E-state index contributed by atoms with van der Waals surface area (Å²) in [5.41, 5.74) is 1.86. The average Bonchev–Trinajstić information content (AvgIpc) is 3.27. The van der Waals surface area contributed by atoms with Crippen molar-refractivity contribution in [2.24, 2.45) is 4.99 Å². The zero-order chi connectivity index (χ0) is 21.8. The van der Waals surface area contributed by atoms with Crippen molar-refractivity contribution in [1.29, 1.82) is 0 Å². The van der Waals surface area contributed by atoms with Crippen molar-refractivity contribution in [3.8, 4) is 0 Å². The van der Waals surface area contributed by atoms with Crippen molar-refractivity contribution in [3.05, 3.63) is 34.3 Å². The zero-order valence-corrected chi connectivity index (χ0v) is 19.8. The van der Waals surface area contributed by atoms with Crippen LogP contribution in [0, 0.1) is 0 Å². The zero-order valence-electron chi connectivity index (χ0n) is 18.2. The van der Waals surface area contributed by atoms with Crippen molar-refractivity contribution < 1.29 is 14.6 Å². The molecule has 0 saturated carbocycles. The Morgan fingerprint density at radius 1 is 1.32 bits per heavy atom. The number of benzene rings is 1. The summed E-state index contributed by atoms with van der Waals surface area (Å²) in [6.45, 7) is 6.76. The van der Waals surface area contributed by atoms with Crippen LogP contribution in [0.1, 0.15) is 37.3 Å². The van der Waals surface area contributed by atoms with Crippen LogP contribution in [-0.4, -0.2) is 82.6 Å². The Morgan fingerprint density at radius 2 is 2.10 bits per heavy atom. The first-order valence-electron chi connectivity index (χ1n) is 11.3. The second-order valence-electron chi connectivity index (χ2n) is 8.63. The van der Waals surface area contributed by atoms with Gasteiger partial charge in [-0.3, -0.25) is 14.7 Å². The number of aliphatic hydroxyl groups excluding tert-OH is 1. The number of hydrogen-bond donors (Lipinski definition) is 1. The summed E-state index contributed by atoms with van der Waals surface area (Å²) in [7, 11) is 0. The van der Waals surface area contributed by atoms with E-state index in [0.717, 1.165) is 65.8 Å². The van der Waals surface area contributed by atoms with Crippen molar-refractivity contribution in [2.75, 3.05) is 45.1 Å². The maximum atomic E-state index is 13.0. The monoisotopic (exact) mass is 465 g/mol. The van der Waals surface area contributed by atoms with Gasteiger partial charge in [0.05, 0.1) is 17.3 Å². The highest BCUT2D eigenvalue weighted by Crippen LogP contribution is 2.33. The molecule has 3 aliphatic heterocycles. The Balaban J connectivity index is 1.34. The maximum absolute atomic E-state index is 13.0. The molecule has 1 unspecified atom stereocenters. The van der Waals surface area contributed by atoms with Gasteiger partial charge in [0.25, 0.3) is 0 Å². The van der Waals surface area contributed by atoms with Gasteiger partial charge in [0.2, 0.25) is 5.91 Å². The topological polar surface area (TPSA) is 65.4 Å². The van der Waals surface area contributed by atoms with E-state index in [1.54, 1.807) is 11.8 Å². The number of nitrogens with zero attached hydrogens (tertiary/aromatic N) is 3. The molecule has 0 radical (unpaired) electrons. The van der Waals surface area contributed by atoms with Gasteiger partial charge in [-0.2, -0.15) is 0 Å². The minimum absolute atomic E-state index is 0.104. The summed E-state index contributed by atoms with van der Waals surface area (Å²) in [5, 5.41) is 11.1. The quantitative estimate of drug-likeness (QED) is 0.699. The van der Waals surface area contributed by atoms with Crippen molar-refractivity contribution >= 4 is 34.3 Å². The molecular weight excluding hydrogens is 434 g/mol. The van der Waals surface area contributed by atoms with Gasteiger partial charge in [-0.25, -0.2) is 0 Å². The number of amides is 1. The normalized spacial score (nSPS) is 23.9. The number of aliphatic hydroxyl groups is 1. The summed E-state index contributed by atoms with van der Waals surface area (Å²) in [4.78, 5) is 22.0. The molecule has 31 heavy (non-hydrogen) atoms. The summed E-state index contributed by atoms with van der Waals surface area (Å²) < 4.78 is 6.25. The highest BCUT2D eigenvalue weighted by atomic mass is 35.5. The number of aliphatic imine (C=N–C) groups is 1. The summed E-state index contributed by atoms with van der Waals surface area (Å²) in [6.07, 6.45) is 3.31. The SMILES string of the molecule is CCC1=NC(C(=O)N2CCOC3(CCN(Cc4cccc(CCO)c4Cl)CC3)C2)CS1. The highest BCUT2D eigenvalue weighted by molar-refractivity contribution is 8.14. The van der Waals surface area contributed by atoms with E-state index in [0.29, 0.717) is 26.1 Å². The number of thioether (sulfide) groups is 1. The Labute approximate surface area is 194 Å². The lowest BCUT2D eigenvalue weighted by atomic mass is 9.89. The number of piperidine rings is 1. The molecule has 1 N–H and O–H groups in total. The molecule has 1 atom stereocenters. The Bertz CT molecular complexity index is 826. The van der Waals surface area contributed by atoms with Crippen LogP contribution in [0.5, 0.6) is 0 Å². The van der Waals surface area contributed by atoms with Gasteiger partial charge >= 0.3 is 0 Å². The lowest BCUT2D eigenvalue weighted by Gasteiger charge is -2.47. The molecule has 3 aliphatic rings. The third kappa shape index (κ3) is 5.28. The van der Waals surface area contributed by atoms with E-state index in [9.17, 15) is 9.90 Å². The molecule has 0 aliphatic carbocycles. The first-order chi connectivity index (χ1) is 15.0. The van der Waals surface area contributed by atoms with Crippen molar-refractivity contribution in [1.82, 2.24) is 9.80 Å². The van der Waals surface area contributed by atoms with Gasteiger partial charge in [0.1, 0.15) is 6.04 Å². The Morgan fingerprint density at radius 3 is 2.81 bits per heavy atom. The lowest BCUT2D eigenvalue weighted by Crippen LogP contribution is -2.59. The number of ether oxygens (including phenoxy) is 1. The fourth-order valence-corrected chi connectivity index (χ4v) is 5.97. The summed E-state index contributed by atoms with van der Waals surface area (Å²) in [5.74, 6) is 0.935. The Hall–Kier alpha value is -1.12. The van der Waals surface area contributed by atoms with Crippen LogP contribution in [-0.2, 0) is 22.5 Å². The smallest absolute Gasteiger partial charge is 0.248 e. The van der Waals surface area contributed by atoms with E-state index in [1.165, 1.54) is 0 Å².